The third-order valence-electron chi connectivity index (χ3n) is 3.74. The predicted octanol–water partition coefficient (Wildman–Crippen LogP) is 1.75. The number of furan rings is 1. The lowest BCUT2D eigenvalue weighted by Gasteiger charge is -2.37. The molecule has 0 radical (unpaired) electrons. The van der Waals surface area contributed by atoms with Crippen LogP contribution in [0.2, 0.25) is 0 Å². The van der Waals surface area contributed by atoms with Gasteiger partial charge in [0.2, 0.25) is 0 Å². The largest absolute Gasteiger partial charge is 0.445 e. The van der Waals surface area contributed by atoms with E-state index in [9.17, 15) is 4.79 Å². The zero-order chi connectivity index (χ0) is 14.4. The lowest BCUT2D eigenvalue weighted by atomic mass is 9.79. The van der Waals surface area contributed by atoms with Crippen LogP contribution in [0.4, 0.5) is 0 Å². The molecule has 0 atom stereocenters. The fourth-order valence-corrected chi connectivity index (χ4v) is 2.92. The van der Waals surface area contributed by atoms with E-state index in [4.69, 9.17) is 9.15 Å². The van der Waals surface area contributed by atoms with Gasteiger partial charge in [-0.15, -0.1) is 0 Å². The summed E-state index contributed by atoms with van der Waals surface area (Å²) in [6, 6.07) is 3.53. The SMILES string of the molecule is COCC1(CNC(=O)c2ccc(SC)o2)CCNCC1. The summed E-state index contributed by atoms with van der Waals surface area (Å²) in [6.07, 6.45) is 3.94. The summed E-state index contributed by atoms with van der Waals surface area (Å²) >= 11 is 1.49. The van der Waals surface area contributed by atoms with Crippen molar-refractivity contribution in [1.82, 2.24) is 10.6 Å². The summed E-state index contributed by atoms with van der Waals surface area (Å²) in [6.45, 7) is 3.23. The summed E-state index contributed by atoms with van der Waals surface area (Å²) < 4.78 is 10.8. The van der Waals surface area contributed by atoms with E-state index in [1.165, 1.54) is 11.8 Å². The average Bonchev–Trinajstić information content (AvgIpc) is 2.95. The molecule has 2 heterocycles. The van der Waals surface area contributed by atoms with Crippen LogP contribution in [0.15, 0.2) is 21.6 Å². The van der Waals surface area contributed by atoms with E-state index in [1.54, 1.807) is 13.2 Å². The highest BCUT2D eigenvalue weighted by Gasteiger charge is 2.32. The van der Waals surface area contributed by atoms with E-state index in [1.807, 2.05) is 12.3 Å². The molecule has 6 heteroatoms. The van der Waals surface area contributed by atoms with Crippen molar-refractivity contribution in [3.05, 3.63) is 17.9 Å². The minimum absolute atomic E-state index is 0.0323. The van der Waals surface area contributed by atoms with Crippen LogP contribution >= 0.6 is 11.8 Å². The summed E-state index contributed by atoms with van der Waals surface area (Å²) in [5.74, 6) is 0.218. The van der Waals surface area contributed by atoms with Crippen molar-refractivity contribution in [2.45, 2.75) is 17.9 Å². The van der Waals surface area contributed by atoms with E-state index >= 15 is 0 Å². The summed E-state index contributed by atoms with van der Waals surface area (Å²) in [5.41, 5.74) is 0.0323. The second kappa shape index (κ2) is 7.15. The van der Waals surface area contributed by atoms with Gasteiger partial charge in [0, 0.05) is 19.1 Å². The maximum absolute atomic E-state index is 12.1. The Morgan fingerprint density at radius 3 is 2.85 bits per heavy atom. The predicted molar refractivity (Wildman–Crippen MR) is 79.2 cm³/mol. The van der Waals surface area contributed by atoms with Crippen molar-refractivity contribution >= 4 is 17.7 Å². The van der Waals surface area contributed by atoms with Gasteiger partial charge in [-0.2, -0.15) is 0 Å². The van der Waals surface area contributed by atoms with Gasteiger partial charge in [-0.25, -0.2) is 0 Å². The van der Waals surface area contributed by atoms with Crippen LogP contribution in [0.3, 0.4) is 0 Å². The van der Waals surface area contributed by atoms with Crippen LogP contribution in [0.25, 0.3) is 0 Å². The highest BCUT2D eigenvalue weighted by Crippen LogP contribution is 2.28. The van der Waals surface area contributed by atoms with Crippen molar-refractivity contribution in [3.63, 3.8) is 0 Å². The molecule has 1 aromatic heterocycles. The molecule has 112 valence electrons. The third-order valence-corrected chi connectivity index (χ3v) is 4.37. The van der Waals surface area contributed by atoms with Crippen LogP contribution in [-0.2, 0) is 4.74 Å². The van der Waals surface area contributed by atoms with Crippen LogP contribution < -0.4 is 10.6 Å². The van der Waals surface area contributed by atoms with Crippen LogP contribution in [0.5, 0.6) is 0 Å². The second-order valence-electron chi connectivity index (χ2n) is 5.19. The van der Waals surface area contributed by atoms with Gasteiger partial charge in [0.05, 0.1) is 6.61 Å². The first-order valence-electron chi connectivity index (χ1n) is 6.81. The molecule has 1 aliphatic rings. The number of methoxy groups -OCH3 is 1. The Labute approximate surface area is 123 Å². The minimum atomic E-state index is -0.153. The molecular formula is C14H22N2O3S. The summed E-state index contributed by atoms with van der Waals surface area (Å²) in [5, 5.41) is 7.07. The zero-order valence-electron chi connectivity index (χ0n) is 12.0. The molecule has 1 fully saturated rings. The van der Waals surface area contributed by atoms with Crippen molar-refractivity contribution < 1.29 is 13.9 Å². The molecule has 2 rings (SSSR count). The lowest BCUT2D eigenvalue weighted by Crippen LogP contribution is -2.47. The molecule has 0 saturated carbocycles. The van der Waals surface area contributed by atoms with Crippen LogP contribution in [-0.4, -0.2) is 45.5 Å². The average molecular weight is 298 g/mol. The molecule has 0 spiro atoms. The lowest BCUT2D eigenvalue weighted by molar-refractivity contribution is 0.0505. The Hall–Kier alpha value is -0.980. The van der Waals surface area contributed by atoms with E-state index < -0.39 is 0 Å². The number of ether oxygens (including phenoxy) is 1. The first kappa shape index (κ1) is 15.4. The first-order valence-corrected chi connectivity index (χ1v) is 8.03. The number of rotatable bonds is 6. The fourth-order valence-electron chi connectivity index (χ4n) is 2.54. The Balaban J connectivity index is 1.93. The smallest absolute Gasteiger partial charge is 0.287 e. The highest BCUT2D eigenvalue weighted by atomic mass is 32.2. The number of hydrogen-bond acceptors (Lipinski definition) is 5. The quantitative estimate of drug-likeness (QED) is 0.783. The maximum atomic E-state index is 12.1. The normalized spacial score (nSPS) is 17.9. The topological polar surface area (TPSA) is 63.5 Å². The molecule has 0 aromatic carbocycles. The van der Waals surface area contributed by atoms with Gasteiger partial charge in [-0.1, -0.05) is 11.8 Å². The number of piperidine rings is 1. The monoisotopic (exact) mass is 298 g/mol. The summed E-state index contributed by atoms with van der Waals surface area (Å²) in [4.78, 5) is 12.1. The number of carbonyl (C=O) groups is 1. The first-order chi connectivity index (χ1) is 9.69. The van der Waals surface area contributed by atoms with Gasteiger partial charge >= 0.3 is 0 Å². The second-order valence-corrected chi connectivity index (χ2v) is 6.00. The Bertz CT molecular complexity index is 436. The van der Waals surface area contributed by atoms with E-state index in [2.05, 4.69) is 10.6 Å². The van der Waals surface area contributed by atoms with Gasteiger partial charge in [-0.05, 0) is 44.3 Å². The fraction of sp³-hybridized carbons (Fsp3) is 0.643. The molecule has 1 aliphatic heterocycles. The van der Waals surface area contributed by atoms with Crippen LogP contribution in [0, 0.1) is 5.41 Å². The Kier molecular flexibility index (Phi) is 5.51. The molecule has 0 aliphatic carbocycles. The molecule has 2 N–H and O–H groups in total. The van der Waals surface area contributed by atoms with E-state index in [0.717, 1.165) is 31.0 Å². The minimum Gasteiger partial charge on any atom is -0.445 e. The molecule has 20 heavy (non-hydrogen) atoms. The number of hydrogen-bond donors (Lipinski definition) is 2. The van der Waals surface area contributed by atoms with Crippen molar-refractivity contribution in [2.75, 3.05) is 39.6 Å². The molecule has 5 nitrogen and oxygen atoms in total. The molecule has 1 aromatic rings. The molecular weight excluding hydrogens is 276 g/mol. The molecule has 1 amide bonds. The highest BCUT2D eigenvalue weighted by molar-refractivity contribution is 7.98. The number of carbonyl (C=O) groups excluding carboxylic acids is 1. The molecule has 0 unspecified atom stereocenters. The summed E-state index contributed by atoms with van der Waals surface area (Å²) in [7, 11) is 1.71. The zero-order valence-corrected chi connectivity index (χ0v) is 12.8. The van der Waals surface area contributed by atoms with E-state index in [0.29, 0.717) is 18.9 Å². The number of thioether (sulfide) groups is 1. The van der Waals surface area contributed by atoms with Gasteiger partial charge in [0.25, 0.3) is 5.91 Å². The van der Waals surface area contributed by atoms with Crippen molar-refractivity contribution in [3.8, 4) is 0 Å². The van der Waals surface area contributed by atoms with Gasteiger partial charge in [0.15, 0.2) is 10.9 Å². The van der Waals surface area contributed by atoms with E-state index in [-0.39, 0.29) is 11.3 Å². The Morgan fingerprint density at radius 2 is 2.25 bits per heavy atom. The van der Waals surface area contributed by atoms with Crippen molar-refractivity contribution in [2.24, 2.45) is 5.41 Å². The third kappa shape index (κ3) is 3.77. The van der Waals surface area contributed by atoms with Crippen molar-refractivity contribution in [1.29, 1.82) is 0 Å². The Morgan fingerprint density at radius 1 is 1.50 bits per heavy atom. The number of amides is 1. The van der Waals surface area contributed by atoms with Crippen LogP contribution in [0.1, 0.15) is 23.4 Å². The van der Waals surface area contributed by atoms with Gasteiger partial charge in [0.1, 0.15) is 0 Å². The maximum Gasteiger partial charge on any atom is 0.287 e. The molecule has 0 bridgehead atoms. The standard InChI is InChI=1S/C14H22N2O3S/c1-18-10-14(5-7-15-8-6-14)9-16-13(17)11-3-4-12(19-11)20-2/h3-4,15H,5-10H2,1-2H3,(H,16,17). The van der Waals surface area contributed by atoms with Gasteiger partial charge in [-0.3, -0.25) is 4.79 Å². The molecule has 1 saturated heterocycles. The van der Waals surface area contributed by atoms with Gasteiger partial charge < -0.3 is 19.8 Å². The number of nitrogens with one attached hydrogen (secondary N) is 2.